The number of aromatic nitrogens is 3. The largest absolute Gasteiger partial charge is 0.349 e. The molecule has 0 radical (unpaired) electrons. The minimum Gasteiger partial charge on any atom is -0.349 e. The molecular formula is C22H24Cl2FN5OS. The smallest absolute Gasteiger partial charge is 0.230 e. The summed E-state index contributed by atoms with van der Waals surface area (Å²) < 4.78 is 15.3. The molecule has 10 heteroatoms. The van der Waals surface area contributed by atoms with Crippen LogP contribution in [-0.4, -0.2) is 45.4 Å². The maximum absolute atomic E-state index is 13.5. The molecule has 170 valence electrons. The lowest BCUT2D eigenvalue weighted by Gasteiger charge is -2.20. The van der Waals surface area contributed by atoms with Gasteiger partial charge in [-0.25, -0.2) is 4.39 Å². The maximum atomic E-state index is 13.5. The number of nitrogens with zero attached hydrogens (tertiary/aromatic N) is 4. The summed E-state index contributed by atoms with van der Waals surface area (Å²) >= 11 is 13.3. The number of carbonyl (C=O) groups excluding carboxylic acids is 1. The van der Waals surface area contributed by atoms with Crippen LogP contribution in [-0.2, 0) is 4.79 Å². The van der Waals surface area contributed by atoms with E-state index in [2.05, 4.69) is 15.5 Å². The lowest BCUT2D eigenvalue weighted by atomic mass is 10.1. The Bertz CT molecular complexity index is 1090. The molecule has 0 aliphatic rings. The molecule has 1 N–H and O–H groups in total. The van der Waals surface area contributed by atoms with Crippen molar-refractivity contribution in [3.8, 4) is 5.69 Å². The highest BCUT2D eigenvalue weighted by molar-refractivity contribution is 7.99. The van der Waals surface area contributed by atoms with Gasteiger partial charge in [0.25, 0.3) is 0 Å². The average molecular weight is 496 g/mol. The number of carbonyl (C=O) groups is 1. The molecule has 6 nitrogen and oxygen atoms in total. The Balaban J connectivity index is 1.75. The van der Waals surface area contributed by atoms with Gasteiger partial charge in [0, 0.05) is 5.69 Å². The fourth-order valence-electron chi connectivity index (χ4n) is 2.99. The molecule has 3 aromatic rings. The molecular weight excluding hydrogens is 472 g/mol. The maximum Gasteiger partial charge on any atom is 0.230 e. The van der Waals surface area contributed by atoms with Crippen molar-refractivity contribution in [1.82, 2.24) is 25.0 Å². The standard InChI is InChI=1S/C22H24Cl2FN5OS/c1-13(15-5-10-18(23)19(24)11-15)26-20(31)12-32-22-28-27-21(14(2)29(3)4)30(22)17-8-6-16(25)7-9-17/h5-11,13-14H,12H2,1-4H3,(H,26,31)/t13-,14+/m1/s1. The number of hydrogen-bond acceptors (Lipinski definition) is 5. The van der Waals surface area contributed by atoms with Crippen molar-refractivity contribution in [3.63, 3.8) is 0 Å². The monoisotopic (exact) mass is 495 g/mol. The first-order valence-corrected chi connectivity index (χ1v) is 11.7. The van der Waals surface area contributed by atoms with Crippen LogP contribution in [0, 0.1) is 5.82 Å². The van der Waals surface area contributed by atoms with Crippen LogP contribution in [0.3, 0.4) is 0 Å². The Hall–Kier alpha value is -2.13. The van der Waals surface area contributed by atoms with Crippen LogP contribution >= 0.6 is 35.0 Å². The molecule has 0 spiro atoms. The first-order valence-electron chi connectivity index (χ1n) is 9.92. The van der Waals surface area contributed by atoms with Crippen molar-refractivity contribution >= 4 is 40.9 Å². The van der Waals surface area contributed by atoms with Crippen LogP contribution in [0.1, 0.15) is 37.3 Å². The van der Waals surface area contributed by atoms with Crippen LogP contribution in [0.15, 0.2) is 47.6 Å². The predicted octanol–water partition coefficient (Wildman–Crippen LogP) is 5.31. The second-order valence-electron chi connectivity index (χ2n) is 7.54. The molecule has 1 amide bonds. The van der Waals surface area contributed by atoms with Crippen LogP contribution in [0.4, 0.5) is 4.39 Å². The summed E-state index contributed by atoms with van der Waals surface area (Å²) in [6.07, 6.45) is 0. The molecule has 0 saturated heterocycles. The minimum atomic E-state index is -0.325. The zero-order valence-corrected chi connectivity index (χ0v) is 20.5. The highest BCUT2D eigenvalue weighted by Gasteiger charge is 2.22. The first kappa shape index (κ1) is 24.5. The van der Waals surface area contributed by atoms with Gasteiger partial charge in [-0.15, -0.1) is 10.2 Å². The Kier molecular flexibility index (Phi) is 8.16. The average Bonchev–Trinajstić information content (AvgIpc) is 3.17. The zero-order valence-electron chi connectivity index (χ0n) is 18.1. The second-order valence-corrected chi connectivity index (χ2v) is 9.30. The van der Waals surface area contributed by atoms with Crippen molar-refractivity contribution in [3.05, 3.63) is 69.7 Å². The molecule has 0 saturated carbocycles. The summed E-state index contributed by atoms with van der Waals surface area (Å²) in [5, 5.41) is 13.0. The molecule has 0 bridgehead atoms. The Morgan fingerprint density at radius 1 is 1.12 bits per heavy atom. The third kappa shape index (κ3) is 5.81. The topological polar surface area (TPSA) is 63.1 Å². The van der Waals surface area contributed by atoms with Gasteiger partial charge in [0.2, 0.25) is 5.91 Å². The van der Waals surface area contributed by atoms with Crippen LogP contribution in [0.2, 0.25) is 10.0 Å². The van der Waals surface area contributed by atoms with Crippen LogP contribution in [0.25, 0.3) is 5.69 Å². The van der Waals surface area contributed by atoms with Gasteiger partial charge in [-0.2, -0.15) is 0 Å². The number of benzene rings is 2. The highest BCUT2D eigenvalue weighted by Crippen LogP contribution is 2.28. The van der Waals surface area contributed by atoms with Crippen molar-refractivity contribution in [2.24, 2.45) is 0 Å². The number of hydrogen-bond donors (Lipinski definition) is 1. The summed E-state index contributed by atoms with van der Waals surface area (Å²) in [4.78, 5) is 14.6. The fourth-order valence-corrected chi connectivity index (χ4v) is 4.06. The molecule has 2 atom stereocenters. The van der Waals surface area contributed by atoms with E-state index in [-0.39, 0.29) is 29.6 Å². The van der Waals surface area contributed by atoms with Gasteiger partial charge in [0.1, 0.15) is 5.82 Å². The quantitative estimate of drug-likeness (QED) is 0.429. The highest BCUT2D eigenvalue weighted by atomic mass is 35.5. The number of thioether (sulfide) groups is 1. The minimum absolute atomic E-state index is 0.0367. The third-order valence-corrected chi connectivity index (χ3v) is 6.71. The van der Waals surface area contributed by atoms with Crippen molar-refractivity contribution in [1.29, 1.82) is 0 Å². The van der Waals surface area contributed by atoms with Gasteiger partial charge in [-0.1, -0.05) is 41.0 Å². The van der Waals surface area contributed by atoms with E-state index in [1.165, 1.54) is 23.9 Å². The SMILES string of the molecule is C[C@@H](NC(=O)CSc1nnc([C@H](C)N(C)C)n1-c1ccc(F)cc1)c1ccc(Cl)c(Cl)c1. The summed E-state index contributed by atoms with van der Waals surface area (Å²) in [7, 11) is 3.89. The molecule has 0 fully saturated rings. The van der Waals surface area contributed by atoms with Crippen LogP contribution in [0.5, 0.6) is 0 Å². The first-order chi connectivity index (χ1) is 15.2. The summed E-state index contributed by atoms with van der Waals surface area (Å²) in [5.74, 6) is 0.355. The fraction of sp³-hybridized carbons (Fsp3) is 0.318. The van der Waals surface area contributed by atoms with E-state index in [1.807, 2.05) is 43.5 Å². The van der Waals surface area contributed by atoms with Gasteiger partial charge < -0.3 is 5.32 Å². The van der Waals surface area contributed by atoms with E-state index < -0.39 is 0 Å². The summed E-state index contributed by atoms with van der Waals surface area (Å²) in [5.41, 5.74) is 1.58. The number of halogens is 3. The van der Waals surface area contributed by atoms with Crippen molar-refractivity contribution in [2.75, 3.05) is 19.8 Å². The van der Waals surface area contributed by atoms with Gasteiger partial charge in [-0.3, -0.25) is 14.3 Å². The van der Waals surface area contributed by atoms with Gasteiger partial charge in [-0.05, 0) is 69.9 Å². The number of nitrogens with one attached hydrogen (secondary N) is 1. The Morgan fingerprint density at radius 2 is 1.81 bits per heavy atom. The number of rotatable bonds is 8. The lowest BCUT2D eigenvalue weighted by Crippen LogP contribution is -2.28. The summed E-state index contributed by atoms with van der Waals surface area (Å²) in [6.45, 7) is 3.88. The molecule has 0 unspecified atom stereocenters. The van der Waals surface area contributed by atoms with E-state index in [1.54, 1.807) is 24.3 Å². The van der Waals surface area contributed by atoms with Gasteiger partial charge in [0.15, 0.2) is 11.0 Å². The van der Waals surface area contributed by atoms with Gasteiger partial charge >= 0.3 is 0 Å². The Morgan fingerprint density at radius 3 is 2.44 bits per heavy atom. The van der Waals surface area contributed by atoms with Crippen molar-refractivity contribution in [2.45, 2.75) is 31.1 Å². The second kappa shape index (κ2) is 10.7. The molecule has 3 rings (SSSR count). The number of amides is 1. The van der Waals surface area contributed by atoms with E-state index in [4.69, 9.17) is 23.2 Å². The zero-order chi connectivity index (χ0) is 23.4. The molecule has 1 aromatic heterocycles. The molecule has 32 heavy (non-hydrogen) atoms. The van der Waals surface area contributed by atoms with Crippen LogP contribution < -0.4 is 5.32 Å². The van der Waals surface area contributed by atoms with E-state index in [0.717, 1.165) is 11.3 Å². The molecule has 0 aliphatic heterocycles. The van der Waals surface area contributed by atoms with Crippen molar-refractivity contribution < 1.29 is 9.18 Å². The van der Waals surface area contributed by atoms with E-state index >= 15 is 0 Å². The summed E-state index contributed by atoms with van der Waals surface area (Å²) in [6, 6.07) is 11.1. The molecule has 2 aromatic carbocycles. The van der Waals surface area contributed by atoms with E-state index in [0.29, 0.717) is 21.0 Å². The molecule has 1 heterocycles. The predicted molar refractivity (Wildman–Crippen MR) is 127 cm³/mol. The lowest BCUT2D eigenvalue weighted by molar-refractivity contribution is -0.119. The van der Waals surface area contributed by atoms with E-state index in [9.17, 15) is 9.18 Å². The normalized spacial score (nSPS) is 13.2. The van der Waals surface area contributed by atoms with Gasteiger partial charge in [0.05, 0.1) is 27.9 Å². The molecule has 0 aliphatic carbocycles. The Labute approximate surface area is 201 Å². The third-order valence-electron chi connectivity index (χ3n) is 5.04.